The van der Waals surface area contributed by atoms with Gasteiger partial charge < -0.3 is 10.1 Å². The lowest BCUT2D eigenvalue weighted by molar-refractivity contribution is 0.102. The zero-order valence-electron chi connectivity index (χ0n) is 13.5. The van der Waals surface area contributed by atoms with E-state index >= 15 is 0 Å². The average molecular weight is 388 g/mol. The summed E-state index contributed by atoms with van der Waals surface area (Å²) in [7, 11) is 0. The van der Waals surface area contributed by atoms with Gasteiger partial charge in [0.05, 0.1) is 18.0 Å². The Bertz CT molecular complexity index is 889. The van der Waals surface area contributed by atoms with E-state index in [9.17, 15) is 4.79 Å². The second-order valence-electron chi connectivity index (χ2n) is 5.19. The third kappa shape index (κ3) is 3.01. The molecule has 1 aromatic carbocycles. The van der Waals surface area contributed by atoms with Crippen LogP contribution in [0.5, 0.6) is 5.75 Å². The van der Waals surface area contributed by atoms with Gasteiger partial charge in [-0.15, -0.1) is 0 Å². The maximum atomic E-state index is 12.9. The van der Waals surface area contributed by atoms with E-state index in [1.54, 1.807) is 4.40 Å². The molecule has 24 heavy (non-hydrogen) atoms. The number of benzene rings is 1. The van der Waals surface area contributed by atoms with Crippen LogP contribution in [0, 0.1) is 0 Å². The summed E-state index contributed by atoms with van der Waals surface area (Å²) in [6.45, 7) is 4.46. The van der Waals surface area contributed by atoms with Gasteiger partial charge in [0, 0.05) is 10.7 Å². The third-order valence-electron chi connectivity index (χ3n) is 3.66. The summed E-state index contributed by atoms with van der Waals surface area (Å²) in [5.74, 6) is 0.481. The van der Waals surface area contributed by atoms with Gasteiger partial charge in [-0.2, -0.15) is 0 Å². The quantitative estimate of drug-likeness (QED) is 0.709. The van der Waals surface area contributed by atoms with Crippen molar-refractivity contribution >= 4 is 33.2 Å². The number of rotatable bonds is 5. The SMILES string of the molecule is CCOc1cccn2c(C(=O)Nc3ccccc3Br)c(CC)nc12. The fraction of sp³-hybridized carbons (Fsp3) is 0.222. The Morgan fingerprint density at radius 2 is 2.04 bits per heavy atom. The summed E-state index contributed by atoms with van der Waals surface area (Å²) in [6.07, 6.45) is 2.49. The smallest absolute Gasteiger partial charge is 0.274 e. The molecule has 0 saturated heterocycles. The number of halogens is 1. The predicted octanol–water partition coefficient (Wildman–Crippen LogP) is 4.31. The van der Waals surface area contributed by atoms with E-state index in [2.05, 4.69) is 26.2 Å². The Morgan fingerprint density at radius 1 is 1.25 bits per heavy atom. The van der Waals surface area contributed by atoms with Crippen molar-refractivity contribution in [2.45, 2.75) is 20.3 Å². The molecule has 1 amide bonds. The highest BCUT2D eigenvalue weighted by atomic mass is 79.9. The molecule has 0 fully saturated rings. The number of nitrogens with zero attached hydrogens (tertiary/aromatic N) is 2. The maximum Gasteiger partial charge on any atom is 0.274 e. The van der Waals surface area contributed by atoms with Crippen LogP contribution in [-0.4, -0.2) is 21.9 Å². The van der Waals surface area contributed by atoms with Crippen molar-refractivity contribution in [1.29, 1.82) is 0 Å². The first-order valence-electron chi connectivity index (χ1n) is 7.84. The number of nitrogens with one attached hydrogen (secondary N) is 1. The number of aryl methyl sites for hydroxylation is 1. The molecule has 0 aliphatic heterocycles. The monoisotopic (exact) mass is 387 g/mol. The number of pyridine rings is 1. The number of imidazole rings is 1. The Labute approximate surface area is 148 Å². The van der Waals surface area contributed by atoms with Crippen LogP contribution >= 0.6 is 15.9 Å². The first-order chi connectivity index (χ1) is 11.7. The van der Waals surface area contributed by atoms with Gasteiger partial charge in [0.25, 0.3) is 5.91 Å². The van der Waals surface area contributed by atoms with Gasteiger partial charge in [-0.1, -0.05) is 19.1 Å². The Hall–Kier alpha value is -2.34. The van der Waals surface area contributed by atoms with E-state index in [0.29, 0.717) is 30.1 Å². The fourth-order valence-corrected chi connectivity index (χ4v) is 2.97. The van der Waals surface area contributed by atoms with Crippen molar-refractivity contribution in [2.75, 3.05) is 11.9 Å². The van der Waals surface area contributed by atoms with Gasteiger partial charge in [0.1, 0.15) is 5.69 Å². The first kappa shape index (κ1) is 16.5. The largest absolute Gasteiger partial charge is 0.490 e. The second-order valence-corrected chi connectivity index (χ2v) is 6.05. The Kier molecular flexibility index (Phi) is 4.85. The normalized spacial score (nSPS) is 10.8. The standard InChI is InChI=1S/C18H18BrN3O2/c1-3-13-16(18(23)21-14-9-6-5-8-12(14)19)22-11-7-10-15(24-4-2)17(22)20-13/h5-11H,3-4H2,1-2H3,(H,21,23). The number of para-hydroxylation sites is 1. The number of hydrogen-bond acceptors (Lipinski definition) is 3. The molecule has 5 nitrogen and oxygen atoms in total. The maximum absolute atomic E-state index is 12.9. The molecule has 0 unspecified atom stereocenters. The molecule has 0 atom stereocenters. The van der Waals surface area contributed by atoms with Crippen molar-refractivity contribution in [3.05, 3.63) is 58.5 Å². The van der Waals surface area contributed by atoms with Crippen LogP contribution in [0.2, 0.25) is 0 Å². The highest BCUT2D eigenvalue weighted by molar-refractivity contribution is 9.10. The van der Waals surface area contributed by atoms with Crippen molar-refractivity contribution in [2.24, 2.45) is 0 Å². The summed E-state index contributed by atoms with van der Waals surface area (Å²) < 4.78 is 8.25. The van der Waals surface area contributed by atoms with E-state index in [1.165, 1.54) is 0 Å². The Morgan fingerprint density at radius 3 is 2.75 bits per heavy atom. The van der Waals surface area contributed by atoms with E-state index in [4.69, 9.17) is 4.74 Å². The number of hydrogen-bond donors (Lipinski definition) is 1. The lowest BCUT2D eigenvalue weighted by Gasteiger charge is -2.09. The average Bonchev–Trinajstić information content (AvgIpc) is 2.97. The van der Waals surface area contributed by atoms with Crippen molar-refractivity contribution in [3.8, 4) is 5.75 Å². The van der Waals surface area contributed by atoms with Gasteiger partial charge >= 0.3 is 0 Å². The highest BCUT2D eigenvalue weighted by Gasteiger charge is 2.20. The number of carbonyl (C=O) groups excluding carboxylic acids is 1. The third-order valence-corrected chi connectivity index (χ3v) is 4.35. The molecule has 0 saturated carbocycles. The molecule has 0 radical (unpaired) electrons. The molecule has 0 aliphatic rings. The summed E-state index contributed by atoms with van der Waals surface area (Å²) in [6, 6.07) is 11.2. The molecule has 2 heterocycles. The van der Waals surface area contributed by atoms with E-state index < -0.39 is 0 Å². The van der Waals surface area contributed by atoms with Crippen LogP contribution in [0.1, 0.15) is 30.0 Å². The van der Waals surface area contributed by atoms with Crippen molar-refractivity contribution < 1.29 is 9.53 Å². The molecule has 3 rings (SSSR count). The lowest BCUT2D eigenvalue weighted by atomic mass is 10.2. The minimum absolute atomic E-state index is 0.195. The van der Waals surface area contributed by atoms with Crippen LogP contribution in [-0.2, 0) is 6.42 Å². The molecule has 0 aliphatic carbocycles. The lowest BCUT2D eigenvalue weighted by Crippen LogP contribution is -2.16. The molecule has 6 heteroatoms. The van der Waals surface area contributed by atoms with Crippen LogP contribution in [0.3, 0.4) is 0 Å². The van der Waals surface area contributed by atoms with Crippen molar-refractivity contribution in [1.82, 2.24) is 9.38 Å². The summed E-state index contributed by atoms with van der Waals surface area (Å²) in [4.78, 5) is 17.5. The molecular weight excluding hydrogens is 370 g/mol. The first-order valence-corrected chi connectivity index (χ1v) is 8.63. The van der Waals surface area contributed by atoms with Crippen molar-refractivity contribution in [3.63, 3.8) is 0 Å². The highest BCUT2D eigenvalue weighted by Crippen LogP contribution is 2.25. The predicted molar refractivity (Wildman–Crippen MR) is 97.8 cm³/mol. The number of ether oxygens (including phenoxy) is 1. The minimum atomic E-state index is -0.195. The van der Waals surface area contributed by atoms with Gasteiger partial charge in [0.2, 0.25) is 0 Å². The zero-order valence-corrected chi connectivity index (χ0v) is 15.1. The number of amides is 1. The summed E-state index contributed by atoms with van der Waals surface area (Å²) >= 11 is 3.45. The molecular formula is C18H18BrN3O2. The molecule has 0 spiro atoms. The minimum Gasteiger partial charge on any atom is -0.490 e. The number of fused-ring (bicyclic) bond motifs is 1. The number of carbonyl (C=O) groups is 1. The molecule has 3 aromatic rings. The Balaban J connectivity index is 2.06. The van der Waals surface area contributed by atoms with Crippen LogP contribution in [0.4, 0.5) is 5.69 Å². The zero-order chi connectivity index (χ0) is 17.1. The van der Waals surface area contributed by atoms with Gasteiger partial charge in [-0.05, 0) is 53.5 Å². The topological polar surface area (TPSA) is 55.6 Å². The van der Waals surface area contributed by atoms with E-state index in [-0.39, 0.29) is 5.91 Å². The van der Waals surface area contributed by atoms with Gasteiger partial charge in [-0.25, -0.2) is 4.98 Å². The van der Waals surface area contributed by atoms with Crippen LogP contribution in [0.25, 0.3) is 5.65 Å². The second kappa shape index (κ2) is 7.05. The summed E-state index contributed by atoms with van der Waals surface area (Å²) in [5, 5.41) is 2.94. The molecule has 2 aromatic heterocycles. The van der Waals surface area contributed by atoms with Crippen LogP contribution < -0.4 is 10.1 Å². The molecule has 1 N–H and O–H groups in total. The summed E-state index contributed by atoms with van der Waals surface area (Å²) in [5.41, 5.74) is 2.66. The van der Waals surface area contributed by atoms with Gasteiger partial charge in [0.15, 0.2) is 11.4 Å². The number of anilines is 1. The van der Waals surface area contributed by atoms with E-state index in [1.807, 2.05) is 56.4 Å². The molecule has 0 bridgehead atoms. The number of aromatic nitrogens is 2. The van der Waals surface area contributed by atoms with Crippen LogP contribution in [0.15, 0.2) is 47.1 Å². The molecule has 124 valence electrons. The van der Waals surface area contributed by atoms with E-state index in [0.717, 1.165) is 15.9 Å². The fourth-order valence-electron chi connectivity index (χ4n) is 2.59. The van der Waals surface area contributed by atoms with Gasteiger partial charge in [-0.3, -0.25) is 9.20 Å².